The van der Waals surface area contributed by atoms with Gasteiger partial charge in [-0.3, -0.25) is 4.79 Å². The summed E-state index contributed by atoms with van der Waals surface area (Å²) >= 11 is 0. The highest BCUT2D eigenvalue weighted by molar-refractivity contribution is 5.80. The Morgan fingerprint density at radius 3 is 2.76 bits per heavy atom. The van der Waals surface area contributed by atoms with E-state index in [0.717, 1.165) is 42.1 Å². The molecule has 3 aromatic rings. The van der Waals surface area contributed by atoms with Crippen LogP contribution in [0.2, 0.25) is 0 Å². The molecule has 172 valence electrons. The average Bonchev–Trinajstić information content (AvgIpc) is 2.83. The molecular formula is C26H31N5O2. The summed E-state index contributed by atoms with van der Waals surface area (Å²) in [6.45, 7) is 7.07. The second kappa shape index (κ2) is 9.58. The van der Waals surface area contributed by atoms with Crippen molar-refractivity contribution in [1.29, 1.82) is 0 Å². The summed E-state index contributed by atoms with van der Waals surface area (Å²) in [5, 5.41) is 28.6. The molecule has 1 aliphatic heterocycles. The van der Waals surface area contributed by atoms with Gasteiger partial charge in [-0.15, -0.1) is 5.10 Å². The molecule has 2 aromatic carbocycles. The van der Waals surface area contributed by atoms with Crippen LogP contribution in [0.4, 0.5) is 11.5 Å². The SMILES string of the molecule is Cc1ccc(C(C)(C)C(=O)O)cc1CCN[C@H](c1ccccc1)[C@H]1CNc2ccnnc2N1. The molecule has 4 rings (SSSR count). The van der Waals surface area contributed by atoms with Gasteiger partial charge in [0.2, 0.25) is 0 Å². The quantitative estimate of drug-likeness (QED) is 0.417. The van der Waals surface area contributed by atoms with Crippen LogP contribution in [-0.4, -0.2) is 40.4 Å². The van der Waals surface area contributed by atoms with Crippen LogP contribution < -0.4 is 16.0 Å². The molecule has 0 saturated heterocycles. The number of aromatic nitrogens is 2. The summed E-state index contributed by atoms with van der Waals surface area (Å²) in [6.07, 6.45) is 2.48. The van der Waals surface area contributed by atoms with Gasteiger partial charge in [0.1, 0.15) is 0 Å². The van der Waals surface area contributed by atoms with Crippen molar-refractivity contribution in [3.05, 3.63) is 83.0 Å². The molecule has 0 fully saturated rings. The lowest BCUT2D eigenvalue weighted by atomic mass is 9.83. The predicted molar refractivity (Wildman–Crippen MR) is 131 cm³/mol. The Bertz CT molecular complexity index is 1120. The number of aryl methyl sites for hydroxylation is 1. The fourth-order valence-electron chi connectivity index (χ4n) is 4.20. The maximum atomic E-state index is 11.7. The third kappa shape index (κ3) is 4.98. The minimum atomic E-state index is -0.922. The molecule has 33 heavy (non-hydrogen) atoms. The number of anilines is 2. The van der Waals surface area contributed by atoms with Gasteiger partial charge in [-0.05, 0) is 62.1 Å². The fraction of sp³-hybridized carbons (Fsp3) is 0.346. The van der Waals surface area contributed by atoms with E-state index in [1.54, 1.807) is 20.0 Å². The normalized spacial score (nSPS) is 16.3. The standard InChI is InChI=1S/C26H31N5O2/c1-17-9-10-20(26(2,3)25(32)33)15-19(17)11-13-27-23(18-7-5-4-6-8-18)22-16-28-21-12-14-29-31-24(21)30-22/h4-10,12,14-15,22-23,27-28H,11,13,16H2,1-3H3,(H,30,31)(H,32,33)/t22-,23-/m1/s1. The van der Waals surface area contributed by atoms with E-state index in [0.29, 0.717) is 0 Å². The number of hydrogen-bond donors (Lipinski definition) is 4. The van der Waals surface area contributed by atoms with E-state index in [-0.39, 0.29) is 12.1 Å². The lowest BCUT2D eigenvalue weighted by Gasteiger charge is -2.34. The highest BCUT2D eigenvalue weighted by atomic mass is 16.4. The zero-order chi connectivity index (χ0) is 23.4. The Morgan fingerprint density at radius 1 is 1.21 bits per heavy atom. The van der Waals surface area contributed by atoms with E-state index >= 15 is 0 Å². The number of carboxylic acids is 1. The first kappa shape index (κ1) is 22.7. The summed E-state index contributed by atoms with van der Waals surface area (Å²) in [5.41, 5.74) is 4.38. The molecule has 7 nitrogen and oxygen atoms in total. The van der Waals surface area contributed by atoms with Crippen LogP contribution in [-0.2, 0) is 16.6 Å². The monoisotopic (exact) mass is 445 g/mol. The van der Waals surface area contributed by atoms with Crippen molar-refractivity contribution >= 4 is 17.5 Å². The predicted octanol–water partition coefficient (Wildman–Crippen LogP) is 3.93. The van der Waals surface area contributed by atoms with Crippen molar-refractivity contribution in [3.63, 3.8) is 0 Å². The Hall–Kier alpha value is -3.45. The minimum absolute atomic E-state index is 0.0628. The van der Waals surface area contributed by atoms with E-state index in [9.17, 15) is 9.90 Å². The maximum absolute atomic E-state index is 11.7. The Kier molecular flexibility index (Phi) is 6.60. The summed E-state index contributed by atoms with van der Waals surface area (Å²) in [7, 11) is 0. The molecule has 2 heterocycles. The highest BCUT2D eigenvalue weighted by Crippen LogP contribution is 2.29. The van der Waals surface area contributed by atoms with E-state index in [2.05, 4.69) is 57.3 Å². The van der Waals surface area contributed by atoms with E-state index in [1.165, 1.54) is 11.1 Å². The summed E-state index contributed by atoms with van der Waals surface area (Å²) in [4.78, 5) is 11.7. The largest absolute Gasteiger partial charge is 0.481 e. The van der Waals surface area contributed by atoms with Gasteiger partial charge in [0.15, 0.2) is 5.82 Å². The van der Waals surface area contributed by atoms with Crippen LogP contribution >= 0.6 is 0 Å². The van der Waals surface area contributed by atoms with Gasteiger partial charge < -0.3 is 21.1 Å². The fourth-order valence-corrected chi connectivity index (χ4v) is 4.20. The third-order valence-electron chi connectivity index (χ3n) is 6.48. The van der Waals surface area contributed by atoms with Gasteiger partial charge in [-0.2, -0.15) is 5.10 Å². The summed E-state index contributed by atoms with van der Waals surface area (Å²) < 4.78 is 0. The van der Waals surface area contributed by atoms with E-state index in [1.807, 2.05) is 30.3 Å². The molecule has 0 radical (unpaired) electrons. The number of hydrogen-bond acceptors (Lipinski definition) is 6. The molecule has 0 saturated carbocycles. The van der Waals surface area contributed by atoms with Gasteiger partial charge in [-0.25, -0.2) is 0 Å². The average molecular weight is 446 g/mol. The summed E-state index contributed by atoms with van der Waals surface area (Å²) in [5.74, 6) is -0.0604. The first-order valence-corrected chi connectivity index (χ1v) is 11.3. The molecule has 0 unspecified atom stereocenters. The van der Waals surface area contributed by atoms with E-state index < -0.39 is 11.4 Å². The van der Waals surface area contributed by atoms with Crippen LogP contribution in [0.3, 0.4) is 0 Å². The Morgan fingerprint density at radius 2 is 2.00 bits per heavy atom. The molecule has 0 aliphatic carbocycles. The van der Waals surface area contributed by atoms with Gasteiger partial charge in [0.05, 0.1) is 29.4 Å². The van der Waals surface area contributed by atoms with E-state index in [4.69, 9.17) is 0 Å². The molecule has 0 spiro atoms. The van der Waals surface area contributed by atoms with Gasteiger partial charge in [0.25, 0.3) is 0 Å². The Labute approximate surface area is 194 Å². The van der Waals surface area contributed by atoms with Crippen LogP contribution in [0, 0.1) is 6.92 Å². The van der Waals surface area contributed by atoms with Crippen LogP contribution in [0.25, 0.3) is 0 Å². The molecule has 4 N–H and O–H groups in total. The molecule has 0 amide bonds. The molecule has 1 aliphatic rings. The zero-order valence-electron chi connectivity index (χ0n) is 19.3. The van der Waals surface area contributed by atoms with Crippen molar-refractivity contribution in [1.82, 2.24) is 15.5 Å². The van der Waals surface area contributed by atoms with Crippen molar-refractivity contribution in [3.8, 4) is 0 Å². The number of benzene rings is 2. The lowest BCUT2D eigenvalue weighted by Crippen LogP contribution is -2.44. The van der Waals surface area contributed by atoms with Crippen LogP contribution in [0.15, 0.2) is 60.8 Å². The van der Waals surface area contributed by atoms with Crippen LogP contribution in [0.1, 0.15) is 42.1 Å². The maximum Gasteiger partial charge on any atom is 0.313 e. The lowest BCUT2D eigenvalue weighted by molar-refractivity contribution is -0.142. The number of nitrogens with zero attached hydrogens (tertiary/aromatic N) is 2. The summed E-state index contributed by atoms with van der Waals surface area (Å²) in [6, 6.07) is 18.4. The number of nitrogens with one attached hydrogen (secondary N) is 3. The number of aliphatic carboxylic acids is 1. The number of carboxylic acid groups (broad SMARTS) is 1. The molecule has 0 bridgehead atoms. The zero-order valence-corrected chi connectivity index (χ0v) is 19.3. The van der Waals surface area contributed by atoms with Crippen molar-refractivity contribution in [2.75, 3.05) is 23.7 Å². The first-order chi connectivity index (χ1) is 15.9. The number of carbonyl (C=O) groups is 1. The number of rotatable bonds is 8. The minimum Gasteiger partial charge on any atom is -0.481 e. The van der Waals surface area contributed by atoms with Crippen molar-refractivity contribution < 1.29 is 9.90 Å². The second-order valence-electron chi connectivity index (χ2n) is 9.09. The smallest absolute Gasteiger partial charge is 0.313 e. The van der Waals surface area contributed by atoms with Gasteiger partial charge in [0, 0.05) is 6.54 Å². The van der Waals surface area contributed by atoms with Crippen molar-refractivity contribution in [2.45, 2.75) is 44.7 Å². The van der Waals surface area contributed by atoms with Gasteiger partial charge >= 0.3 is 5.97 Å². The number of fused-ring (bicyclic) bond motifs is 1. The first-order valence-electron chi connectivity index (χ1n) is 11.3. The molecular weight excluding hydrogens is 414 g/mol. The third-order valence-corrected chi connectivity index (χ3v) is 6.48. The molecule has 1 aromatic heterocycles. The molecule has 7 heteroatoms. The van der Waals surface area contributed by atoms with Crippen LogP contribution in [0.5, 0.6) is 0 Å². The van der Waals surface area contributed by atoms with Gasteiger partial charge in [-0.1, -0.05) is 48.5 Å². The topological polar surface area (TPSA) is 99.2 Å². The molecule has 2 atom stereocenters. The highest BCUT2D eigenvalue weighted by Gasteiger charge is 2.30. The van der Waals surface area contributed by atoms with Crippen molar-refractivity contribution in [2.24, 2.45) is 0 Å². The second-order valence-corrected chi connectivity index (χ2v) is 9.09. The Balaban J connectivity index is 1.50.